The van der Waals surface area contributed by atoms with Crippen LogP contribution in [0.3, 0.4) is 0 Å². The van der Waals surface area contributed by atoms with Gasteiger partial charge in [0.05, 0.1) is 18.4 Å². The Bertz CT molecular complexity index is 1200. The van der Waals surface area contributed by atoms with Gasteiger partial charge in [0, 0.05) is 20.2 Å². The van der Waals surface area contributed by atoms with E-state index in [-0.39, 0.29) is 27.9 Å². The standard InChI is InChI=1S/C22H14B2Br2ClNO3S/c23-9-13-19(25)17(16(22(29)30)18(24)20(13)26)21(32)28-12-6-7-15(14(27)8-12)31-10-11-4-2-1-3-5-11/h1-8H,9-10H2,(H,28,32)(H,29,30). The van der Waals surface area contributed by atoms with Crippen LogP contribution in [0.5, 0.6) is 5.75 Å². The lowest BCUT2D eigenvalue weighted by molar-refractivity contribution is 0.0698. The van der Waals surface area contributed by atoms with Crippen molar-refractivity contribution >= 4 is 93.5 Å². The minimum atomic E-state index is -1.21. The molecule has 3 rings (SSSR count). The first-order valence-corrected chi connectivity index (χ1v) is 11.6. The molecule has 0 fully saturated rings. The van der Waals surface area contributed by atoms with Crippen LogP contribution >= 0.6 is 55.7 Å². The zero-order chi connectivity index (χ0) is 23.4. The molecule has 3 aromatic carbocycles. The number of ether oxygens (including phenoxy) is 1. The van der Waals surface area contributed by atoms with Gasteiger partial charge >= 0.3 is 5.97 Å². The highest BCUT2D eigenvalue weighted by atomic mass is 79.9. The van der Waals surface area contributed by atoms with Crippen molar-refractivity contribution in [1.82, 2.24) is 0 Å². The lowest BCUT2D eigenvalue weighted by Crippen LogP contribution is -2.27. The van der Waals surface area contributed by atoms with Crippen LogP contribution in [0.1, 0.15) is 27.0 Å². The van der Waals surface area contributed by atoms with Gasteiger partial charge in [-0.2, -0.15) is 0 Å². The molecule has 4 nitrogen and oxygen atoms in total. The molecule has 0 aliphatic heterocycles. The number of carbonyl (C=O) groups is 1. The predicted octanol–water partition coefficient (Wildman–Crippen LogP) is 5.39. The Morgan fingerprint density at radius 3 is 2.41 bits per heavy atom. The van der Waals surface area contributed by atoms with E-state index in [9.17, 15) is 9.90 Å². The third-order valence-electron chi connectivity index (χ3n) is 4.58. The van der Waals surface area contributed by atoms with Crippen LogP contribution in [0.25, 0.3) is 0 Å². The third kappa shape index (κ3) is 5.39. The van der Waals surface area contributed by atoms with Crippen molar-refractivity contribution in [3.05, 3.63) is 84.8 Å². The van der Waals surface area contributed by atoms with Gasteiger partial charge in [0.1, 0.15) is 25.2 Å². The van der Waals surface area contributed by atoms with Crippen LogP contribution in [0, 0.1) is 0 Å². The van der Waals surface area contributed by atoms with Crippen molar-refractivity contribution < 1.29 is 14.6 Å². The summed E-state index contributed by atoms with van der Waals surface area (Å²) in [4.78, 5) is 12.1. The Morgan fingerprint density at radius 2 is 1.81 bits per heavy atom. The Balaban J connectivity index is 1.87. The molecule has 0 aliphatic carbocycles. The summed E-state index contributed by atoms with van der Waals surface area (Å²) in [7, 11) is 11.9. The highest BCUT2D eigenvalue weighted by Gasteiger charge is 2.25. The van der Waals surface area contributed by atoms with Gasteiger partial charge in [-0.3, -0.25) is 0 Å². The van der Waals surface area contributed by atoms with Crippen LogP contribution in [0.2, 0.25) is 5.02 Å². The minimum absolute atomic E-state index is 0.0444. The van der Waals surface area contributed by atoms with E-state index in [1.807, 2.05) is 30.3 Å². The molecule has 3 aromatic rings. The van der Waals surface area contributed by atoms with Crippen molar-refractivity contribution in [2.75, 3.05) is 5.32 Å². The summed E-state index contributed by atoms with van der Waals surface area (Å²) in [5.74, 6) is -0.702. The maximum absolute atomic E-state index is 11.9. The molecule has 0 spiro atoms. The Labute approximate surface area is 215 Å². The lowest BCUT2D eigenvalue weighted by atomic mass is 9.82. The minimum Gasteiger partial charge on any atom is -0.487 e. The molecule has 32 heavy (non-hydrogen) atoms. The molecule has 4 radical (unpaired) electrons. The topological polar surface area (TPSA) is 58.6 Å². The van der Waals surface area contributed by atoms with Crippen molar-refractivity contribution in [2.24, 2.45) is 0 Å². The average Bonchev–Trinajstić information content (AvgIpc) is 2.76. The highest BCUT2D eigenvalue weighted by molar-refractivity contribution is 9.11. The van der Waals surface area contributed by atoms with Crippen LogP contribution in [0.4, 0.5) is 5.69 Å². The molecule has 0 atom stereocenters. The maximum atomic E-state index is 11.9. The Morgan fingerprint density at radius 1 is 1.12 bits per heavy atom. The van der Waals surface area contributed by atoms with Crippen molar-refractivity contribution in [3.8, 4) is 5.75 Å². The number of anilines is 1. The maximum Gasteiger partial charge on any atom is 0.335 e. The zero-order valence-corrected chi connectivity index (χ0v) is 21.2. The Hall–Kier alpha value is -1.80. The SMILES string of the molecule is [B]Cc1c(Br)c([B])c(C(=O)O)c(C(=S)Nc2ccc(OCc3ccccc3)c(Cl)c2)c1Br. The summed E-state index contributed by atoms with van der Waals surface area (Å²) in [6, 6.07) is 14.8. The van der Waals surface area contributed by atoms with Gasteiger partial charge in [-0.25, -0.2) is 4.79 Å². The second kappa shape index (κ2) is 10.9. The molecule has 0 saturated carbocycles. The number of thiocarbonyl (C=S) groups is 1. The summed E-state index contributed by atoms with van der Waals surface area (Å²) >= 11 is 18.6. The fourth-order valence-electron chi connectivity index (χ4n) is 3.00. The molecule has 10 heteroatoms. The summed E-state index contributed by atoms with van der Waals surface area (Å²) in [6.45, 7) is 0.376. The largest absolute Gasteiger partial charge is 0.487 e. The summed E-state index contributed by atoms with van der Waals surface area (Å²) in [5, 5.41) is 13.1. The molecule has 0 saturated heterocycles. The van der Waals surface area contributed by atoms with E-state index in [0.29, 0.717) is 37.6 Å². The molecule has 0 amide bonds. The van der Waals surface area contributed by atoms with Crippen LogP contribution in [-0.2, 0) is 12.9 Å². The molecule has 0 aromatic heterocycles. The van der Waals surface area contributed by atoms with E-state index in [1.165, 1.54) is 0 Å². The van der Waals surface area contributed by atoms with Gasteiger partial charge in [-0.15, -0.1) is 0 Å². The van der Waals surface area contributed by atoms with E-state index in [1.54, 1.807) is 18.2 Å². The fourth-order valence-corrected chi connectivity index (χ4v) is 5.27. The fraction of sp³-hybridized carbons (Fsp3) is 0.0909. The van der Waals surface area contributed by atoms with Gasteiger partial charge in [0.2, 0.25) is 0 Å². The van der Waals surface area contributed by atoms with Crippen LogP contribution in [-0.4, -0.2) is 31.8 Å². The number of nitrogens with one attached hydrogen (secondary N) is 1. The molecule has 0 bridgehead atoms. The molecular weight excluding hydrogens is 575 g/mol. The average molecular weight is 589 g/mol. The van der Waals surface area contributed by atoms with Gasteiger partial charge < -0.3 is 15.2 Å². The van der Waals surface area contributed by atoms with Gasteiger partial charge in [-0.05, 0) is 45.3 Å². The smallest absolute Gasteiger partial charge is 0.335 e. The monoisotopic (exact) mass is 587 g/mol. The lowest BCUT2D eigenvalue weighted by Gasteiger charge is -2.20. The second-order valence-electron chi connectivity index (χ2n) is 6.65. The number of hydrogen-bond donors (Lipinski definition) is 2. The van der Waals surface area contributed by atoms with Crippen molar-refractivity contribution in [2.45, 2.75) is 12.9 Å². The Kier molecular flexibility index (Phi) is 8.44. The van der Waals surface area contributed by atoms with E-state index in [2.05, 4.69) is 37.2 Å². The highest BCUT2D eigenvalue weighted by Crippen LogP contribution is 2.33. The number of halogens is 3. The van der Waals surface area contributed by atoms with E-state index in [4.69, 9.17) is 44.2 Å². The number of aromatic carboxylic acids is 1. The molecule has 0 unspecified atom stereocenters. The van der Waals surface area contributed by atoms with E-state index < -0.39 is 5.97 Å². The summed E-state index contributed by atoms with van der Waals surface area (Å²) < 4.78 is 6.65. The predicted molar refractivity (Wildman–Crippen MR) is 141 cm³/mol. The number of hydrogen-bond acceptors (Lipinski definition) is 3. The van der Waals surface area contributed by atoms with Gasteiger partial charge in [-0.1, -0.05) is 81.9 Å². The quantitative estimate of drug-likeness (QED) is 0.286. The first-order valence-electron chi connectivity index (χ1n) is 9.24. The molecule has 0 heterocycles. The number of carboxylic acids is 1. The second-order valence-corrected chi connectivity index (χ2v) is 9.05. The normalized spacial score (nSPS) is 10.6. The van der Waals surface area contributed by atoms with Crippen LogP contribution in [0.15, 0.2) is 57.5 Å². The zero-order valence-electron chi connectivity index (χ0n) is 16.5. The number of rotatable bonds is 7. The number of benzene rings is 3. The van der Waals surface area contributed by atoms with Gasteiger partial charge in [0.15, 0.2) is 0 Å². The van der Waals surface area contributed by atoms with Crippen molar-refractivity contribution in [3.63, 3.8) is 0 Å². The first-order chi connectivity index (χ1) is 15.2. The van der Waals surface area contributed by atoms with Crippen molar-refractivity contribution in [1.29, 1.82) is 0 Å². The third-order valence-corrected chi connectivity index (χ3v) is 6.96. The molecule has 158 valence electrons. The molecular formula is C22H14B2Br2ClNO3S. The van der Waals surface area contributed by atoms with E-state index >= 15 is 0 Å². The molecule has 2 N–H and O–H groups in total. The first kappa shape index (κ1) is 24.8. The van der Waals surface area contributed by atoms with Crippen LogP contribution < -0.4 is 15.5 Å². The number of carboxylic acid groups (broad SMARTS) is 1. The summed E-state index contributed by atoms with van der Waals surface area (Å²) in [6.07, 6.45) is 0.125. The summed E-state index contributed by atoms with van der Waals surface area (Å²) in [5.41, 5.74) is 2.33. The molecule has 0 aliphatic rings. The van der Waals surface area contributed by atoms with E-state index in [0.717, 1.165) is 5.56 Å². The van der Waals surface area contributed by atoms with Gasteiger partial charge in [0.25, 0.3) is 0 Å².